The topological polar surface area (TPSA) is 31.4 Å². The second kappa shape index (κ2) is 5.39. The number of ether oxygens (including phenoxy) is 2. The molecule has 0 saturated heterocycles. The molecule has 0 bridgehead atoms. The molecule has 3 nitrogen and oxygen atoms in total. The highest BCUT2D eigenvalue weighted by Gasteiger charge is 2.17. The lowest BCUT2D eigenvalue weighted by Gasteiger charge is -2.11. The Morgan fingerprint density at radius 2 is 1.83 bits per heavy atom. The zero-order valence-corrected chi connectivity index (χ0v) is 12.5. The molecule has 4 heteroatoms. The van der Waals surface area contributed by atoms with Gasteiger partial charge in [-0.3, -0.25) is 4.98 Å². The van der Waals surface area contributed by atoms with Crippen LogP contribution in [0.4, 0.5) is 4.39 Å². The number of nitrogens with zero attached hydrogens (tertiary/aromatic N) is 1. The molecule has 0 fully saturated rings. The fourth-order valence-electron chi connectivity index (χ4n) is 2.74. The standard InChI is InChI=1S/C19H14FNO2/c1-12-4-6-16(20)15(9-12)19-14(3-2-8-21-19)13-5-7-17-18(10-13)23-11-22-17/h2-10H,11H2,1H3. The van der Waals surface area contributed by atoms with Crippen LogP contribution in [0, 0.1) is 12.7 Å². The van der Waals surface area contributed by atoms with E-state index in [-0.39, 0.29) is 12.6 Å². The van der Waals surface area contributed by atoms with Crippen LogP contribution in [0.1, 0.15) is 5.56 Å². The molecule has 1 aromatic heterocycles. The summed E-state index contributed by atoms with van der Waals surface area (Å²) in [5, 5.41) is 0. The van der Waals surface area contributed by atoms with E-state index in [1.807, 2.05) is 43.3 Å². The predicted molar refractivity (Wildman–Crippen MR) is 85.9 cm³/mol. The van der Waals surface area contributed by atoms with Crippen LogP contribution in [-0.2, 0) is 0 Å². The van der Waals surface area contributed by atoms with Gasteiger partial charge in [-0.25, -0.2) is 4.39 Å². The van der Waals surface area contributed by atoms with E-state index in [1.54, 1.807) is 12.3 Å². The average Bonchev–Trinajstić information content (AvgIpc) is 3.05. The number of pyridine rings is 1. The first-order valence-electron chi connectivity index (χ1n) is 7.34. The maximum atomic E-state index is 14.3. The fourth-order valence-corrected chi connectivity index (χ4v) is 2.74. The molecule has 23 heavy (non-hydrogen) atoms. The molecule has 3 aromatic rings. The first kappa shape index (κ1) is 13.8. The normalized spacial score (nSPS) is 12.4. The molecule has 0 atom stereocenters. The van der Waals surface area contributed by atoms with E-state index in [9.17, 15) is 4.39 Å². The van der Waals surface area contributed by atoms with Crippen LogP contribution in [0.5, 0.6) is 11.5 Å². The van der Waals surface area contributed by atoms with Crippen molar-refractivity contribution >= 4 is 0 Å². The number of rotatable bonds is 2. The van der Waals surface area contributed by atoms with Crippen LogP contribution < -0.4 is 9.47 Å². The molecule has 1 aliphatic heterocycles. The number of fused-ring (bicyclic) bond motifs is 1. The smallest absolute Gasteiger partial charge is 0.231 e. The van der Waals surface area contributed by atoms with Gasteiger partial charge in [0.15, 0.2) is 11.5 Å². The molecule has 2 aromatic carbocycles. The highest BCUT2D eigenvalue weighted by Crippen LogP contribution is 2.38. The molecule has 0 amide bonds. The van der Waals surface area contributed by atoms with Crippen LogP contribution >= 0.6 is 0 Å². The van der Waals surface area contributed by atoms with Gasteiger partial charge in [-0.15, -0.1) is 0 Å². The molecule has 1 aliphatic rings. The molecule has 0 N–H and O–H groups in total. The number of halogens is 1. The summed E-state index contributed by atoms with van der Waals surface area (Å²) in [6.07, 6.45) is 1.67. The van der Waals surface area contributed by atoms with Crippen molar-refractivity contribution in [2.45, 2.75) is 6.92 Å². The van der Waals surface area contributed by atoms with Gasteiger partial charge in [0.25, 0.3) is 0 Å². The Bertz CT molecular complexity index is 892. The van der Waals surface area contributed by atoms with Crippen LogP contribution in [0.2, 0.25) is 0 Å². The van der Waals surface area contributed by atoms with Gasteiger partial charge in [0.2, 0.25) is 6.79 Å². The summed E-state index contributed by atoms with van der Waals surface area (Å²) in [6, 6.07) is 14.5. The minimum Gasteiger partial charge on any atom is -0.454 e. The summed E-state index contributed by atoms with van der Waals surface area (Å²) in [7, 11) is 0. The van der Waals surface area contributed by atoms with E-state index < -0.39 is 0 Å². The molecule has 0 aliphatic carbocycles. The maximum Gasteiger partial charge on any atom is 0.231 e. The minimum atomic E-state index is -0.281. The number of hydrogen-bond donors (Lipinski definition) is 0. The highest BCUT2D eigenvalue weighted by atomic mass is 19.1. The second-order valence-electron chi connectivity index (χ2n) is 5.45. The van der Waals surface area contributed by atoms with Crippen molar-refractivity contribution in [2.75, 3.05) is 6.79 Å². The Balaban J connectivity index is 1.89. The quantitative estimate of drug-likeness (QED) is 0.694. The van der Waals surface area contributed by atoms with E-state index in [1.165, 1.54) is 6.07 Å². The summed E-state index contributed by atoms with van der Waals surface area (Å²) in [5.74, 6) is 1.14. The zero-order valence-electron chi connectivity index (χ0n) is 12.5. The van der Waals surface area contributed by atoms with Crippen molar-refractivity contribution < 1.29 is 13.9 Å². The van der Waals surface area contributed by atoms with Crippen LogP contribution in [0.3, 0.4) is 0 Å². The summed E-state index contributed by atoms with van der Waals surface area (Å²) >= 11 is 0. The monoisotopic (exact) mass is 307 g/mol. The zero-order chi connectivity index (χ0) is 15.8. The molecule has 0 radical (unpaired) electrons. The molecule has 0 saturated carbocycles. The maximum absolute atomic E-state index is 14.3. The Morgan fingerprint density at radius 1 is 0.957 bits per heavy atom. The van der Waals surface area contributed by atoms with E-state index in [0.29, 0.717) is 17.0 Å². The molecular weight excluding hydrogens is 293 g/mol. The van der Waals surface area contributed by atoms with E-state index in [2.05, 4.69) is 4.98 Å². The number of aryl methyl sites for hydroxylation is 1. The molecule has 4 rings (SSSR count). The van der Waals surface area contributed by atoms with Gasteiger partial charge in [0, 0.05) is 17.3 Å². The third-order valence-corrected chi connectivity index (χ3v) is 3.87. The first-order valence-corrected chi connectivity index (χ1v) is 7.34. The summed E-state index contributed by atoms with van der Waals surface area (Å²) < 4.78 is 25.1. The van der Waals surface area contributed by atoms with E-state index in [4.69, 9.17) is 9.47 Å². The molecule has 2 heterocycles. The van der Waals surface area contributed by atoms with Crippen molar-refractivity contribution in [3.05, 3.63) is 66.1 Å². The Kier molecular flexibility index (Phi) is 3.23. The van der Waals surface area contributed by atoms with Crippen molar-refractivity contribution in [1.82, 2.24) is 4.98 Å². The van der Waals surface area contributed by atoms with Gasteiger partial charge in [0.1, 0.15) is 5.82 Å². The number of aromatic nitrogens is 1. The fraction of sp³-hybridized carbons (Fsp3) is 0.105. The van der Waals surface area contributed by atoms with Gasteiger partial charge < -0.3 is 9.47 Å². The van der Waals surface area contributed by atoms with Crippen molar-refractivity contribution in [2.24, 2.45) is 0 Å². The van der Waals surface area contributed by atoms with Crippen molar-refractivity contribution in [3.63, 3.8) is 0 Å². The average molecular weight is 307 g/mol. The second-order valence-corrected chi connectivity index (χ2v) is 5.45. The van der Waals surface area contributed by atoms with Crippen molar-refractivity contribution in [1.29, 1.82) is 0 Å². The molecule has 0 unspecified atom stereocenters. The van der Waals surface area contributed by atoms with Crippen molar-refractivity contribution in [3.8, 4) is 33.9 Å². The summed E-state index contributed by atoms with van der Waals surface area (Å²) in [6.45, 7) is 2.16. The Labute approximate surface area is 133 Å². The van der Waals surface area contributed by atoms with Gasteiger partial charge >= 0.3 is 0 Å². The van der Waals surface area contributed by atoms with Gasteiger partial charge in [-0.05, 0) is 42.8 Å². The first-order chi connectivity index (χ1) is 11.2. The van der Waals surface area contributed by atoms with Crippen LogP contribution in [0.15, 0.2) is 54.7 Å². The third kappa shape index (κ3) is 2.42. The lowest BCUT2D eigenvalue weighted by Crippen LogP contribution is -1.93. The molecule has 114 valence electrons. The Morgan fingerprint density at radius 3 is 2.74 bits per heavy atom. The van der Waals surface area contributed by atoms with Crippen LogP contribution in [-0.4, -0.2) is 11.8 Å². The lowest BCUT2D eigenvalue weighted by molar-refractivity contribution is 0.174. The van der Waals surface area contributed by atoms with Gasteiger partial charge in [-0.1, -0.05) is 23.8 Å². The largest absolute Gasteiger partial charge is 0.454 e. The minimum absolute atomic E-state index is 0.227. The van der Waals surface area contributed by atoms with Gasteiger partial charge in [-0.2, -0.15) is 0 Å². The highest BCUT2D eigenvalue weighted by molar-refractivity contribution is 5.82. The van der Waals surface area contributed by atoms with Gasteiger partial charge in [0.05, 0.1) is 5.69 Å². The predicted octanol–water partition coefficient (Wildman–Crippen LogP) is 4.59. The molecule has 0 spiro atoms. The number of hydrogen-bond acceptors (Lipinski definition) is 3. The molecular formula is C19H14FNO2. The van der Waals surface area contributed by atoms with E-state index >= 15 is 0 Å². The number of benzene rings is 2. The summed E-state index contributed by atoms with van der Waals surface area (Å²) in [4.78, 5) is 4.41. The lowest BCUT2D eigenvalue weighted by atomic mass is 9.98. The third-order valence-electron chi connectivity index (χ3n) is 3.87. The Hall–Kier alpha value is -2.88. The SMILES string of the molecule is Cc1ccc(F)c(-c2ncccc2-c2ccc3c(c2)OCO3)c1. The van der Waals surface area contributed by atoms with Crippen LogP contribution in [0.25, 0.3) is 22.4 Å². The summed E-state index contributed by atoms with van der Waals surface area (Å²) in [5.41, 5.74) is 3.88. The van der Waals surface area contributed by atoms with E-state index in [0.717, 1.165) is 22.4 Å².